The molecule has 0 saturated heterocycles. The van der Waals surface area contributed by atoms with Crippen LogP contribution in [-0.2, 0) is 11.8 Å². The van der Waals surface area contributed by atoms with E-state index in [1.165, 1.54) is 56.1 Å². The molecule has 118 valence electrons. The van der Waals surface area contributed by atoms with Gasteiger partial charge >= 0.3 is 0 Å². The average molecular weight is 288 g/mol. The van der Waals surface area contributed by atoms with Crippen molar-refractivity contribution < 1.29 is 5.11 Å². The highest BCUT2D eigenvalue weighted by Gasteiger charge is 2.25. The van der Waals surface area contributed by atoms with Crippen LogP contribution in [0.3, 0.4) is 0 Å². The van der Waals surface area contributed by atoms with E-state index in [2.05, 4.69) is 39.8 Å². The van der Waals surface area contributed by atoms with Crippen LogP contribution in [0, 0.1) is 0 Å². The molecule has 1 aromatic carbocycles. The minimum absolute atomic E-state index is 0.00965. The maximum Gasteiger partial charge on any atom is 0.122 e. The van der Waals surface area contributed by atoms with Crippen LogP contribution in [0.2, 0.25) is 0 Å². The first-order chi connectivity index (χ1) is 9.93. The van der Waals surface area contributed by atoms with E-state index in [1.807, 2.05) is 0 Å². The summed E-state index contributed by atoms with van der Waals surface area (Å²) in [5.74, 6) is 1.15. The van der Waals surface area contributed by atoms with Gasteiger partial charge in [0, 0.05) is 0 Å². The lowest BCUT2D eigenvalue weighted by Crippen LogP contribution is -2.14. The second kappa shape index (κ2) is 6.85. The third-order valence-electron chi connectivity index (χ3n) is 4.87. The van der Waals surface area contributed by atoms with Crippen LogP contribution in [-0.4, -0.2) is 5.11 Å². The van der Waals surface area contributed by atoms with Gasteiger partial charge in [0.1, 0.15) is 5.75 Å². The Morgan fingerprint density at radius 1 is 1.10 bits per heavy atom. The van der Waals surface area contributed by atoms with Crippen molar-refractivity contribution in [1.29, 1.82) is 0 Å². The maximum atomic E-state index is 10.8. The first kappa shape index (κ1) is 16.4. The van der Waals surface area contributed by atoms with Crippen LogP contribution in [0.4, 0.5) is 0 Å². The number of aryl methyl sites for hydroxylation is 1. The molecule has 2 rings (SSSR count). The molecule has 21 heavy (non-hydrogen) atoms. The van der Waals surface area contributed by atoms with Gasteiger partial charge in [0.25, 0.3) is 0 Å². The second-order valence-corrected chi connectivity index (χ2v) is 7.77. The van der Waals surface area contributed by atoms with Crippen molar-refractivity contribution in [3.05, 3.63) is 28.8 Å². The van der Waals surface area contributed by atoms with Gasteiger partial charge in [0.15, 0.2) is 0 Å². The maximum absolute atomic E-state index is 10.8. The fourth-order valence-corrected chi connectivity index (χ4v) is 3.54. The molecule has 0 heterocycles. The summed E-state index contributed by atoms with van der Waals surface area (Å²) in [6.07, 6.45) is 10.1. The molecule has 0 amide bonds. The Bertz CT molecular complexity index is 461. The molecule has 1 saturated carbocycles. The predicted molar refractivity (Wildman–Crippen MR) is 91.2 cm³/mol. The molecule has 0 aromatic heterocycles. The molecule has 1 aliphatic rings. The van der Waals surface area contributed by atoms with Crippen LogP contribution in [0.5, 0.6) is 5.75 Å². The van der Waals surface area contributed by atoms with E-state index in [9.17, 15) is 5.11 Å². The van der Waals surface area contributed by atoms with E-state index >= 15 is 0 Å². The van der Waals surface area contributed by atoms with Crippen molar-refractivity contribution >= 4 is 0 Å². The van der Waals surface area contributed by atoms with Crippen molar-refractivity contribution in [2.24, 2.45) is 0 Å². The van der Waals surface area contributed by atoms with Crippen molar-refractivity contribution in [2.75, 3.05) is 0 Å². The molecule has 0 radical (unpaired) electrons. The molecule has 0 spiro atoms. The summed E-state index contributed by atoms with van der Waals surface area (Å²) in [5, 5.41) is 10.8. The van der Waals surface area contributed by atoms with Gasteiger partial charge in [-0.25, -0.2) is 0 Å². The molecule has 1 fully saturated rings. The molecule has 0 bridgehead atoms. The van der Waals surface area contributed by atoms with E-state index in [-0.39, 0.29) is 5.41 Å². The molecule has 1 heteroatoms. The average Bonchev–Trinajstić information content (AvgIpc) is 2.46. The number of hydrogen-bond acceptors (Lipinski definition) is 1. The summed E-state index contributed by atoms with van der Waals surface area (Å²) in [6, 6.07) is 4.55. The number of unbranched alkanes of at least 4 members (excludes halogenated alkanes) is 1. The highest BCUT2D eigenvalue weighted by atomic mass is 16.3. The van der Waals surface area contributed by atoms with Crippen molar-refractivity contribution in [3.63, 3.8) is 0 Å². The number of phenols is 1. The molecule has 1 aromatic rings. The summed E-state index contributed by atoms with van der Waals surface area (Å²) < 4.78 is 0. The lowest BCUT2D eigenvalue weighted by Gasteiger charge is -2.28. The smallest absolute Gasteiger partial charge is 0.122 e. The third kappa shape index (κ3) is 4.02. The highest BCUT2D eigenvalue weighted by molar-refractivity contribution is 5.48. The van der Waals surface area contributed by atoms with Crippen molar-refractivity contribution in [3.8, 4) is 5.75 Å². The van der Waals surface area contributed by atoms with Gasteiger partial charge in [-0.15, -0.1) is 0 Å². The Morgan fingerprint density at radius 3 is 2.33 bits per heavy atom. The van der Waals surface area contributed by atoms with E-state index in [4.69, 9.17) is 0 Å². The lowest BCUT2D eigenvalue weighted by molar-refractivity contribution is 0.402. The van der Waals surface area contributed by atoms with Gasteiger partial charge in [-0.1, -0.05) is 65.5 Å². The lowest BCUT2D eigenvalue weighted by atomic mass is 9.78. The molecular weight excluding hydrogens is 256 g/mol. The van der Waals surface area contributed by atoms with Crippen molar-refractivity contribution in [2.45, 2.75) is 90.4 Å². The number of aromatic hydroxyl groups is 1. The Kier molecular flexibility index (Phi) is 5.35. The molecular formula is C20H32O. The molecule has 1 N–H and O–H groups in total. The van der Waals surface area contributed by atoms with Gasteiger partial charge in [0.2, 0.25) is 0 Å². The number of rotatable bonds is 4. The number of phenolic OH excluding ortho intramolecular Hbond substituents is 1. The van der Waals surface area contributed by atoms with E-state index in [1.54, 1.807) is 0 Å². The van der Waals surface area contributed by atoms with Gasteiger partial charge in [-0.3, -0.25) is 0 Å². The fraction of sp³-hybridized carbons (Fsp3) is 0.700. The largest absolute Gasteiger partial charge is 0.507 e. The van der Waals surface area contributed by atoms with Crippen LogP contribution in [0.15, 0.2) is 12.1 Å². The first-order valence-electron chi connectivity index (χ1n) is 8.79. The summed E-state index contributed by atoms with van der Waals surface area (Å²) in [5.41, 5.74) is 3.79. The molecule has 0 aliphatic heterocycles. The topological polar surface area (TPSA) is 20.2 Å². The predicted octanol–water partition coefficient (Wildman–Crippen LogP) is 6.08. The van der Waals surface area contributed by atoms with Gasteiger partial charge in [-0.05, 0) is 53.7 Å². The molecule has 1 nitrogen and oxygen atoms in total. The monoisotopic (exact) mass is 288 g/mol. The van der Waals surface area contributed by atoms with E-state index in [0.717, 1.165) is 12.0 Å². The van der Waals surface area contributed by atoms with Gasteiger partial charge in [0.05, 0.1) is 0 Å². The van der Waals surface area contributed by atoms with Gasteiger partial charge < -0.3 is 5.11 Å². The zero-order valence-electron chi connectivity index (χ0n) is 14.3. The molecule has 1 aliphatic carbocycles. The van der Waals surface area contributed by atoms with Crippen molar-refractivity contribution in [1.82, 2.24) is 0 Å². The quantitative estimate of drug-likeness (QED) is 0.711. The van der Waals surface area contributed by atoms with Crippen LogP contribution < -0.4 is 0 Å². The van der Waals surface area contributed by atoms with Crippen LogP contribution in [0.25, 0.3) is 0 Å². The Hall–Kier alpha value is -0.980. The molecule has 0 unspecified atom stereocenters. The first-order valence-corrected chi connectivity index (χ1v) is 8.79. The Labute approximate surface area is 130 Å². The fourth-order valence-electron chi connectivity index (χ4n) is 3.54. The third-order valence-corrected chi connectivity index (χ3v) is 4.87. The van der Waals surface area contributed by atoms with E-state index < -0.39 is 0 Å². The number of benzene rings is 1. The molecule has 0 atom stereocenters. The zero-order valence-corrected chi connectivity index (χ0v) is 14.3. The minimum atomic E-state index is 0.00965. The SMILES string of the molecule is CCCCc1cc(C2CCCCC2)c(O)c(C(C)(C)C)c1. The summed E-state index contributed by atoms with van der Waals surface area (Å²) in [7, 11) is 0. The Balaban J connectivity index is 2.41. The summed E-state index contributed by atoms with van der Waals surface area (Å²) in [4.78, 5) is 0. The van der Waals surface area contributed by atoms with Crippen LogP contribution >= 0.6 is 0 Å². The normalized spacial score (nSPS) is 17.1. The Morgan fingerprint density at radius 2 is 1.76 bits per heavy atom. The summed E-state index contributed by atoms with van der Waals surface area (Å²) >= 11 is 0. The standard InChI is InChI=1S/C20H32O/c1-5-6-10-15-13-17(16-11-8-7-9-12-16)19(21)18(14-15)20(2,3)4/h13-14,16,21H,5-12H2,1-4H3. The highest BCUT2D eigenvalue weighted by Crippen LogP contribution is 2.42. The van der Waals surface area contributed by atoms with Crippen LogP contribution in [0.1, 0.15) is 95.2 Å². The second-order valence-electron chi connectivity index (χ2n) is 7.77. The van der Waals surface area contributed by atoms with E-state index in [0.29, 0.717) is 11.7 Å². The zero-order chi connectivity index (χ0) is 15.5. The number of hydrogen-bond donors (Lipinski definition) is 1. The van der Waals surface area contributed by atoms with Gasteiger partial charge in [-0.2, -0.15) is 0 Å². The summed E-state index contributed by atoms with van der Waals surface area (Å²) in [6.45, 7) is 8.86. The minimum Gasteiger partial charge on any atom is -0.507 e.